The van der Waals surface area contributed by atoms with Gasteiger partial charge in [0.25, 0.3) is 0 Å². The summed E-state index contributed by atoms with van der Waals surface area (Å²) in [4.78, 5) is 27.0. The van der Waals surface area contributed by atoms with E-state index in [-0.39, 0.29) is 12.3 Å². The van der Waals surface area contributed by atoms with Gasteiger partial charge in [-0.2, -0.15) is 0 Å². The van der Waals surface area contributed by atoms with E-state index in [2.05, 4.69) is 17.2 Å². The predicted octanol–water partition coefficient (Wildman–Crippen LogP) is 5.98. The van der Waals surface area contributed by atoms with Crippen LogP contribution >= 0.6 is 0 Å². The number of hydrogen-bond donors (Lipinski definition) is 3. The van der Waals surface area contributed by atoms with E-state index in [0.29, 0.717) is 6.42 Å². The average molecular weight is 415 g/mol. The Hall–Kier alpha value is -2.30. The van der Waals surface area contributed by atoms with Crippen molar-refractivity contribution in [3.8, 4) is 0 Å². The zero-order valence-corrected chi connectivity index (χ0v) is 18.4. The monoisotopic (exact) mass is 414 g/mol. The van der Waals surface area contributed by atoms with Gasteiger partial charge in [0.05, 0.1) is 0 Å². The number of nitrogens with one attached hydrogen (secondary N) is 2. The molecule has 1 atom stereocenters. The topological polar surface area (TPSA) is 82.2 Å². The Labute approximate surface area is 180 Å². The van der Waals surface area contributed by atoms with Crippen LogP contribution in [0.3, 0.4) is 0 Å². The molecule has 0 fully saturated rings. The van der Waals surface area contributed by atoms with Gasteiger partial charge in [0.1, 0.15) is 6.04 Å². The highest BCUT2D eigenvalue weighted by Gasteiger charge is 2.21. The first kappa shape index (κ1) is 24.0. The molecule has 1 aromatic heterocycles. The minimum atomic E-state index is -0.993. The summed E-state index contributed by atoms with van der Waals surface area (Å²) in [6, 6.07) is 6.89. The lowest BCUT2D eigenvalue weighted by Gasteiger charge is -2.14. The van der Waals surface area contributed by atoms with Crippen LogP contribution in [-0.2, 0) is 16.0 Å². The number of aromatic amines is 1. The van der Waals surface area contributed by atoms with Gasteiger partial charge in [0.2, 0.25) is 5.91 Å². The molecular weight excluding hydrogens is 376 g/mol. The minimum absolute atomic E-state index is 0.168. The number of rotatable bonds is 16. The molecule has 1 amide bonds. The highest BCUT2D eigenvalue weighted by molar-refractivity contribution is 5.86. The second-order valence-electron chi connectivity index (χ2n) is 8.31. The van der Waals surface area contributed by atoms with E-state index < -0.39 is 12.0 Å². The molecule has 0 radical (unpaired) electrons. The van der Waals surface area contributed by atoms with Crippen LogP contribution in [0.15, 0.2) is 30.5 Å². The van der Waals surface area contributed by atoms with E-state index in [1.165, 1.54) is 51.4 Å². The molecule has 166 valence electrons. The number of H-pyrrole nitrogens is 1. The van der Waals surface area contributed by atoms with Crippen LogP contribution in [0.4, 0.5) is 0 Å². The Morgan fingerprint density at radius 2 is 1.53 bits per heavy atom. The Morgan fingerprint density at radius 3 is 2.17 bits per heavy atom. The quantitative estimate of drug-likeness (QED) is 0.295. The summed E-state index contributed by atoms with van der Waals surface area (Å²) in [5, 5.41) is 13.2. The number of carboxylic acid groups (broad SMARTS) is 1. The highest BCUT2D eigenvalue weighted by atomic mass is 16.4. The maximum Gasteiger partial charge on any atom is 0.326 e. The van der Waals surface area contributed by atoms with Crippen molar-refractivity contribution in [2.75, 3.05) is 0 Å². The Balaban J connectivity index is 1.61. The van der Waals surface area contributed by atoms with E-state index >= 15 is 0 Å². The van der Waals surface area contributed by atoms with Gasteiger partial charge in [-0.1, -0.05) is 89.3 Å². The molecule has 0 saturated heterocycles. The molecule has 3 N–H and O–H groups in total. The van der Waals surface area contributed by atoms with Gasteiger partial charge in [-0.15, -0.1) is 0 Å². The van der Waals surface area contributed by atoms with Crippen LogP contribution in [0.1, 0.15) is 89.5 Å². The summed E-state index contributed by atoms with van der Waals surface area (Å²) >= 11 is 0. The number of unbranched alkanes of at least 4 members (excludes halogenated alkanes) is 10. The highest BCUT2D eigenvalue weighted by Crippen LogP contribution is 2.19. The normalized spacial score (nSPS) is 12.2. The summed E-state index contributed by atoms with van der Waals surface area (Å²) in [6.07, 6.45) is 16.1. The third-order valence-electron chi connectivity index (χ3n) is 5.74. The fourth-order valence-corrected chi connectivity index (χ4v) is 3.94. The molecule has 0 spiro atoms. The number of hydrogen-bond acceptors (Lipinski definition) is 2. The maximum absolute atomic E-state index is 12.2. The van der Waals surface area contributed by atoms with E-state index in [4.69, 9.17) is 0 Å². The number of aromatic nitrogens is 1. The first-order chi connectivity index (χ1) is 14.6. The van der Waals surface area contributed by atoms with Crippen molar-refractivity contribution in [2.45, 2.75) is 96.4 Å². The Bertz CT molecular complexity index is 769. The summed E-state index contributed by atoms with van der Waals surface area (Å²) < 4.78 is 0. The molecule has 0 aliphatic rings. The van der Waals surface area contributed by atoms with Crippen molar-refractivity contribution >= 4 is 22.8 Å². The fraction of sp³-hybridized carbons (Fsp3) is 0.600. The number of para-hydroxylation sites is 1. The van der Waals surface area contributed by atoms with E-state index in [1.807, 2.05) is 30.5 Å². The molecule has 0 aliphatic carbocycles. The van der Waals surface area contributed by atoms with Crippen LogP contribution in [0.2, 0.25) is 0 Å². The van der Waals surface area contributed by atoms with Gasteiger partial charge in [-0.05, 0) is 18.1 Å². The number of aliphatic carboxylic acids is 1. The fourth-order valence-electron chi connectivity index (χ4n) is 3.94. The molecule has 0 bridgehead atoms. The van der Waals surface area contributed by atoms with Crippen molar-refractivity contribution in [3.63, 3.8) is 0 Å². The van der Waals surface area contributed by atoms with Crippen molar-refractivity contribution < 1.29 is 14.7 Å². The first-order valence-corrected chi connectivity index (χ1v) is 11.7. The zero-order valence-electron chi connectivity index (χ0n) is 18.4. The molecule has 0 unspecified atom stereocenters. The van der Waals surface area contributed by atoms with E-state index in [1.54, 1.807) is 0 Å². The standard InChI is InChI=1S/C25H38N2O3/c1-2-3-4-5-6-7-8-9-10-11-12-17-24(28)27-23(25(29)30)18-20-19-26-22-16-14-13-15-21(20)22/h13-16,19,23,26H,2-12,17-18H2,1H3,(H,27,28)(H,29,30)/t23-/m0/s1. The van der Waals surface area contributed by atoms with Gasteiger partial charge in [0, 0.05) is 29.9 Å². The molecular formula is C25H38N2O3. The van der Waals surface area contributed by atoms with Crippen molar-refractivity contribution in [1.29, 1.82) is 0 Å². The van der Waals surface area contributed by atoms with E-state index in [0.717, 1.165) is 35.7 Å². The molecule has 5 nitrogen and oxygen atoms in total. The molecule has 1 aromatic carbocycles. The molecule has 2 rings (SSSR count). The smallest absolute Gasteiger partial charge is 0.326 e. The van der Waals surface area contributed by atoms with Gasteiger partial charge in [0.15, 0.2) is 0 Å². The summed E-state index contributed by atoms with van der Waals surface area (Å²) in [6.45, 7) is 2.24. The third kappa shape index (κ3) is 8.60. The van der Waals surface area contributed by atoms with Crippen molar-refractivity contribution in [1.82, 2.24) is 10.3 Å². The Morgan fingerprint density at radius 1 is 0.933 bits per heavy atom. The van der Waals surface area contributed by atoms with Gasteiger partial charge < -0.3 is 15.4 Å². The number of carboxylic acids is 1. The number of carbonyl (C=O) groups excluding carboxylic acids is 1. The number of benzene rings is 1. The predicted molar refractivity (Wildman–Crippen MR) is 123 cm³/mol. The summed E-state index contributed by atoms with van der Waals surface area (Å²) in [5.41, 5.74) is 1.89. The number of carbonyl (C=O) groups is 2. The van der Waals surface area contributed by atoms with Crippen LogP contribution in [0.5, 0.6) is 0 Å². The average Bonchev–Trinajstić information content (AvgIpc) is 3.14. The summed E-state index contributed by atoms with van der Waals surface area (Å²) in [7, 11) is 0. The second-order valence-corrected chi connectivity index (χ2v) is 8.31. The van der Waals surface area contributed by atoms with Gasteiger partial charge in [-0.25, -0.2) is 4.79 Å². The van der Waals surface area contributed by atoms with Crippen molar-refractivity contribution in [3.05, 3.63) is 36.0 Å². The van der Waals surface area contributed by atoms with Gasteiger partial charge >= 0.3 is 5.97 Å². The van der Waals surface area contributed by atoms with Crippen molar-refractivity contribution in [2.24, 2.45) is 0 Å². The first-order valence-electron chi connectivity index (χ1n) is 11.7. The molecule has 5 heteroatoms. The second kappa shape index (κ2) is 13.8. The molecule has 30 heavy (non-hydrogen) atoms. The number of amides is 1. The minimum Gasteiger partial charge on any atom is -0.480 e. The van der Waals surface area contributed by atoms with Crippen LogP contribution in [0, 0.1) is 0 Å². The van der Waals surface area contributed by atoms with Crippen LogP contribution < -0.4 is 5.32 Å². The third-order valence-corrected chi connectivity index (χ3v) is 5.74. The van der Waals surface area contributed by atoms with Gasteiger partial charge in [-0.3, -0.25) is 4.79 Å². The van der Waals surface area contributed by atoms with E-state index in [9.17, 15) is 14.7 Å². The van der Waals surface area contributed by atoms with Crippen LogP contribution in [0.25, 0.3) is 10.9 Å². The SMILES string of the molecule is CCCCCCCCCCCCCC(=O)N[C@@H](Cc1c[nH]c2ccccc12)C(=O)O. The Kier molecular flexibility index (Phi) is 11.1. The lowest BCUT2D eigenvalue weighted by Crippen LogP contribution is -2.42. The maximum atomic E-state index is 12.2. The lowest BCUT2D eigenvalue weighted by molar-refractivity contribution is -0.141. The molecule has 2 aromatic rings. The number of fused-ring (bicyclic) bond motifs is 1. The largest absolute Gasteiger partial charge is 0.480 e. The molecule has 0 saturated carbocycles. The van der Waals surface area contributed by atoms with Crippen LogP contribution in [-0.4, -0.2) is 28.0 Å². The summed E-state index contributed by atoms with van der Waals surface area (Å²) in [5.74, 6) is -1.16. The molecule has 0 aliphatic heterocycles. The lowest BCUT2D eigenvalue weighted by atomic mass is 10.0. The molecule has 1 heterocycles. The zero-order chi connectivity index (χ0) is 21.6.